The number of carbonyl (C=O) groups excluding carboxylic acids is 3. The minimum absolute atomic E-state index is 0.0872. The fourth-order valence-electron chi connectivity index (χ4n) is 6.40. The Hall–Kier alpha value is -2.93. The average molecular weight is 455 g/mol. The fourth-order valence-corrected chi connectivity index (χ4v) is 6.40. The van der Waals surface area contributed by atoms with E-state index in [0.29, 0.717) is 12.0 Å². The number of rotatable bonds is 2. The van der Waals surface area contributed by atoms with Crippen LogP contribution in [0.25, 0.3) is 5.76 Å². The summed E-state index contributed by atoms with van der Waals surface area (Å²) in [5.74, 6) is -3.75. The van der Waals surface area contributed by atoms with Gasteiger partial charge < -0.3 is 20.4 Å². The largest absolute Gasteiger partial charge is 0.508 e. The van der Waals surface area contributed by atoms with Crippen molar-refractivity contribution in [1.29, 1.82) is 0 Å². The highest BCUT2D eigenvalue weighted by molar-refractivity contribution is 6.23. The van der Waals surface area contributed by atoms with Crippen molar-refractivity contribution in [2.75, 3.05) is 0 Å². The third-order valence-corrected chi connectivity index (χ3v) is 7.87. The zero-order valence-electron chi connectivity index (χ0n) is 19.8. The van der Waals surface area contributed by atoms with Crippen LogP contribution in [0.2, 0.25) is 0 Å². The van der Waals surface area contributed by atoms with Gasteiger partial charge >= 0.3 is 0 Å². The first-order chi connectivity index (χ1) is 15.1. The summed E-state index contributed by atoms with van der Waals surface area (Å²) in [6.07, 6.45) is 0.119. The van der Waals surface area contributed by atoms with Crippen LogP contribution in [0.5, 0.6) is 5.75 Å². The molecule has 4 rings (SSSR count). The lowest BCUT2D eigenvalue weighted by atomic mass is 9.47. The number of carbonyl (C=O) groups is 3. The lowest BCUT2D eigenvalue weighted by Gasteiger charge is -2.56. The van der Waals surface area contributed by atoms with E-state index in [-0.39, 0.29) is 35.6 Å². The molecule has 0 aromatic heterocycles. The number of phenolic OH excluding ortho intramolecular Hbond substituents is 1. The van der Waals surface area contributed by atoms with Crippen molar-refractivity contribution in [3.8, 4) is 5.75 Å². The number of fused-ring (bicyclic) bond motifs is 3. The molecule has 1 aromatic carbocycles. The Morgan fingerprint density at radius 2 is 1.70 bits per heavy atom. The van der Waals surface area contributed by atoms with Crippen LogP contribution in [0.1, 0.15) is 75.6 Å². The van der Waals surface area contributed by atoms with E-state index in [9.17, 15) is 34.8 Å². The highest BCUT2D eigenvalue weighted by atomic mass is 16.3. The summed E-state index contributed by atoms with van der Waals surface area (Å²) in [7, 11) is 0. The summed E-state index contributed by atoms with van der Waals surface area (Å²) in [6, 6.07) is 1.88. The molecule has 1 fully saturated rings. The molecule has 0 bridgehead atoms. The van der Waals surface area contributed by atoms with E-state index >= 15 is 0 Å². The number of aliphatic hydroxyl groups is 3. The summed E-state index contributed by atoms with van der Waals surface area (Å²) in [5.41, 5.74) is -3.20. The molecule has 3 atom stereocenters. The highest BCUT2D eigenvalue weighted by Crippen LogP contribution is 2.62. The zero-order chi connectivity index (χ0) is 24.8. The second-order valence-electron chi connectivity index (χ2n) is 10.8. The molecule has 1 aromatic rings. The van der Waals surface area contributed by atoms with Crippen molar-refractivity contribution in [1.82, 2.24) is 0 Å². The number of Topliss-reactive ketones (excluding diaryl/α,β-unsaturated/α-hetero) is 3. The maximum Gasteiger partial charge on any atom is 0.203 e. The van der Waals surface area contributed by atoms with Crippen LogP contribution < -0.4 is 0 Å². The molecule has 33 heavy (non-hydrogen) atoms. The zero-order valence-corrected chi connectivity index (χ0v) is 19.8. The van der Waals surface area contributed by atoms with Gasteiger partial charge in [-0.05, 0) is 49.3 Å². The Morgan fingerprint density at radius 1 is 1.09 bits per heavy atom. The van der Waals surface area contributed by atoms with Gasteiger partial charge in [-0.15, -0.1) is 0 Å². The van der Waals surface area contributed by atoms with Crippen molar-refractivity contribution < 1.29 is 34.8 Å². The smallest absolute Gasteiger partial charge is 0.203 e. The second-order valence-corrected chi connectivity index (χ2v) is 10.8. The average Bonchev–Trinajstić information content (AvgIpc) is 2.66. The van der Waals surface area contributed by atoms with Crippen molar-refractivity contribution in [3.05, 3.63) is 45.2 Å². The normalized spacial score (nSPS) is 31.5. The molecule has 0 aliphatic heterocycles. The first kappa shape index (κ1) is 23.2. The Labute approximate surface area is 192 Å². The number of ketones is 3. The summed E-state index contributed by atoms with van der Waals surface area (Å²) >= 11 is 0. The van der Waals surface area contributed by atoms with Crippen molar-refractivity contribution in [3.63, 3.8) is 0 Å². The van der Waals surface area contributed by atoms with Crippen LogP contribution in [0.3, 0.4) is 0 Å². The maximum atomic E-state index is 13.9. The first-order valence-corrected chi connectivity index (χ1v) is 11.1. The van der Waals surface area contributed by atoms with E-state index < -0.39 is 50.9 Å². The summed E-state index contributed by atoms with van der Waals surface area (Å²) < 4.78 is 0. The molecular weight excluding hydrogens is 424 g/mol. The minimum atomic E-state index is -2.54. The first-order valence-electron chi connectivity index (χ1n) is 11.1. The molecule has 0 spiro atoms. The Bertz CT molecular complexity index is 1220. The van der Waals surface area contributed by atoms with Crippen molar-refractivity contribution in [2.24, 2.45) is 10.8 Å². The van der Waals surface area contributed by atoms with Crippen LogP contribution in [0, 0.1) is 17.8 Å². The lowest BCUT2D eigenvalue weighted by Crippen LogP contribution is -2.65. The molecule has 7 nitrogen and oxygen atoms in total. The van der Waals surface area contributed by atoms with E-state index in [0.717, 1.165) is 18.1 Å². The number of hydrogen-bond acceptors (Lipinski definition) is 7. The lowest BCUT2D eigenvalue weighted by molar-refractivity contribution is -0.164. The van der Waals surface area contributed by atoms with Gasteiger partial charge in [0.2, 0.25) is 5.78 Å². The minimum Gasteiger partial charge on any atom is -0.508 e. The highest BCUT2D eigenvalue weighted by Gasteiger charge is 2.68. The molecule has 3 aliphatic rings. The molecule has 0 saturated heterocycles. The standard InChI is InChI=1S/C26H30O7/c1-11(2)14-7-12(3)20(29)18-15(14)8-24(5)10-25(6)9-16(28)17(13(4)27)22(31)26(25,33)23(32)19(24)21(18)30/h7,11,29-31,33H,8-10H2,1-6H3/t24-,25+,26+/m1/s1. The van der Waals surface area contributed by atoms with Gasteiger partial charge in [-0.25, -0.2) is 0 Å². The molecule has 0 amide bonds. The molecule has 176 valence electrons. The number of hydrogen-bond donors (Lipinski definition) is 4. The van der Waals surface area contributed by atoms with Gasteiger partial charge in [-0.1, -0.05) is 33.8 Å². The summed E-state index contributed by atoms with van der Waals surface area (Å²) in [5, 5.41) is 44.7. The van der Waals surface area contributed by atoms with Crippen molar-refractivity contribution in [2.45, 2.75) is 72.3 Å². The van der Waals surface area contributed by atoms with Gasteiger partial charge in [0.05, 0.1) is 5.56 Å². The van der Waals surface area contributed by atoms with E-state index in [4.69, 9.17) is 0 Å². The molecule has 7 heteroatoms. The fraction of sp³-hybridized carbons (Fsp3) is 0.500. The van der Waals surface area contributed by atoms with Gasteiger partial charge in [0.25, 0.3) is 0 Å². The molecule has 1 saturated carbocycles. The molecule has 4 N–H and O–H groups in total. The van der Waals surface area contributed by atoms with Crippen LogP contribution in [0.4, 0.5) is 0 Å². The van der Waals surface area contributed by atoms with Gasteiger partial charge in [0.15, 0.2) is 17.2 Å². The third-order valence-electron chi connectivity index (χ3n) is 7.87. The molecular formula is C26H30O7. The molecule has 0 unspecified atom stereocenters. The number of aryl methyl sites for hydroxylation is 1. The third kappa shape index (κ3) is 2.75. The number of aromatic hydroxyl groups is 1. The maximum absolute atomic E-state index is 13.9. The van der Waals surface area contributed by atoms with Gasteiger partial charge in [0, 0.05) is 22.8 Å². The number of phenols is 1. The topological polar surface area (TPSA) is 132 Å². The van der Waals surface area contributed by atoms with Gasteiger partial charge in [0.1, 0.15) is 22.8 Å². The number of allylic oxidation sites excluding steroid dienone is 1. The Kier molecular flexibility index (Phi) is 4.78. The predicted octanol–water partition coefficient (Wildman–Crippen LogP) is 3.74. The molecule has 0 heterocycles. The summed E-state index contributed by atoms with van der Waals surface area (Å²) in [4.78, 5) is 38.7. The number of aliphatic hydroxyl groups excluding tert-OH is 2. The quantitative estimate of drug-likeness (QED) is 0.501. The van der Waals surface area contributed by atoms with Gasteiger partial charge in [-0.2, -0.15) is 0 Å². The Balaban J connectivity index is 2.07. The van der Waals surface area contributed by atoms with Crippen LogP contribution >= 0.6 is 0 Å². The van der Waals surface area contributed by atoms with E-state index in [2.05, 4.69) is 0 Å². The SMILES string of the molecule is CC(=O)C1=C(O)[C@]2(O)C(=O)C3=C(O)c4c(O)c(C)cc(C(C)C)c4C[C@]3(C)C[C@]2(C)CC1=O. The molecule has 0 radical (unpaired) electrons. The summed E-state index contributed by atoms with van der Waals surface area (Å²) in [6.45, 7) is 10.2. The van der Waals surface area contributed by atoms with Crippen LogP contribution in [-0.4, -0.2) is 43.4 Å². The van der Waals surface area contributed by atoms with E-state index in [1.807, 2.05) is 19.9 Å². The van der Waals surface area contributed by atoms with Crippen LogP contribution in [0.15, 0.2) is 23.0 Å². The predicted molar refractivity (Wildman–Crippen MR) is 121 cm³/mol. The second kappa shape index (κ2) is 6.79. The van der Waals surface area contributed by atoms with Crippen molar-refractivity contribution >= 4 is 23.1 Å². The Morgan fingerprint density at radius 3 is 2.24 bits per heavy atom. The number of benzene rings is 1. The van der Waals surface area contributed by atoms with E-state index in [1.165, 1.54) is 0 Å². The van der Waals surface area contributed by atoms with Crippen LogP contribution in [-0.2, 0) is 20.8 Å². The van der Waals surface area contributed by atoms with Gasteiger partial charge in [-0.3, -0.25) is 14.4 Å². The van der Waals surface area contributed by atoms with E-state index in [1.54, 1.807) is 20.8 Å². The molecule has 3 aliphatic carbocycles. The monoisotopic (exact) mass is 454 g/mol.